The Morgan fingerprint density at radius 1 is 1.10 bits per heavy atom. The molecule has 1 aromatic carbocycles. The summed E-state index contributed by atoms with van der Waals surface area (Å²) >= 11 is 0. The van der Waals surface area contributed by atoms with E-state index in [2.05, 4.69) is 57.3 Å². The van der Waals surface area contributed by atoms with Crippen molar-refractivity contribution in [2.75, 3.05) is 13.2 Å². The second kappa shape index (κ2) is 8.31. The first-order chi connectivity index (χ1) is 9.40. The summed E-state index contributed by atoms with van der Waals surface area (Å²) in [7, 11) is 0. The third-order valence-electron chi connectivity index (χ3n) is 3.45. The van der Waals surface area contributed by atoms with E-state index < -0.39 is 0 Å². The van der Waals surface area contributed by atoms with Crippen molar-refractivity contribution in [3.63, 3.8) is 0 Å². The van der Waals surface area contributed by atoms with Gasteiger partial charge in [-0.25, -0.2) is 0 Å². The summed E-state index contributed by atoms with van der Waals surface area (Å²) in [6.45, 7) is 12.9. The minimum atomic E-state index is 0.231. The van der Waals surface area contributed by atoms with Gasteiger partial charge in [0.15, 0.2) is 0 Å². The van der Waals surface area contributed by atoms with Crippen LogP contribution in [0.1, 0.15) is 53.0 Å². The van der Waals surface area contributed by atoms with Crippen LogP contribution < -0.4 is 10.1 Å². The van der Waals surface area contributed by atoms with E-state index in [0.29, 0.717) is 0 Å². The second-order valence-electron chi connectivity index (χ2n) is 6.69. The van der Waals surface area contributed by atoms with E-state index in [-0.39, 0.29) is 5.54 Å². The van der Waals surface area contributed by atoms with E-state index in [1.165, 1.54) is 18.4 Å². The van der Waals surface area contributed by atoms with Crippen molar-refractivity contribution in [1.29, 1.82) is 0 Å². The molecule has 2 nitrogen and oxygen atoms in total. The lowest BCUT2D eigenvalue weighted by molar-refractivity contribution is 0.340. The Morgan fingerprint density at radius 3 is 2.30 bits per heavy atom. The predicted octanol–water partition coefficient (Wildman–Crippen LogP) is 4.43. The lowest BCUT2D eigenvalue weighted by atomic mass is 9.97. The Bertz CT molecular complexity index is 364. The van der Waals surface area contributed by atoms with Gasteiger partial charge < -0.3 is 10.1 Å². The summed E-state index contributed by atoms with van der Waals surface area (Å²) in [5.41, 5.74) is 1.64. The van der Waals surface area contributed by atoms with Crippen molar-refractivity contribution < 1.29 is 4.74 Å². The number of ether oxygens (including phenoxy) is 1. The SMILES string of the molecule is CCOc1ccc(CCC(C)CCNC(C)(C)C)cc1. The molecule has 1 aromatic rings. The van der Waals surface area contributed by atoms with Crippen molar-refractivity contribution in [1.82, 2.24) is 5.32 Å². The summed E-state index contributed by atoms with van der Waals surface area (Å²) < 4.78 is 5.46. The van der Waals surface area contributed by atoms with Crippen LogP contribution in [0.15, 0.2) is 24.3 Å². The lowest BCUT2D eigenvalue weighted by Crippen LogP contribution is -2.36. The summed E-state index contributed by atoms with van der Waals surface area (Å²) in [4.78, 5) is 0. The van der Waals surface area contributed by atoms with Gasteiger partial charge in [0.05, 0.1) is 6.61 Å². The van der Waals surface area contributed by atoms with Gasteiger partial charge in [-0.2, -0.15) is 0 Å². The Labute approximate surface area is 124 Å². The molecule has 1 unspecified atom stereocenters. The van der Waals surface area contributed by atoms with E-state index in [9.17, 15) is 0 Å². The molecule has 0 fully saturated rings. The third-order valence-corrected chi connectivity index (χ3v) is 3.45. The van der Waals surface area contributed by atoms with Crippen LogP contribution in [0.5, 0.6) is 5.75 Å². The van der Waals surface area contributed by atoms with Gasteiger partial charge in [0.2, 0.25) is 0 Å². The van der Waals surface area contributed by atoms with Crippen molar-refractivity contribution in [3.8, 4) is 5.75 Å². The smallest absolute Gasteiger partial charge is 0.119 e. The highest BCUT2D eigenvalue weighted by Crippen LogP contribution is 2.16. The van der Waals surface area contributed by atoms with E-state index in [4.69, 9.17) is 4.74 Å². The van der Waals surface area contributed by atoms with E-state index in [1.807, 2.05) is 6.92 Å². The molecular formula is C18H31NO. The number of nitrogens with one attached hydrogen (secondary N) is 1. The second-order valence-corrected chi connectivity index (χ2v) is 6.69. The number of aryl methyl sites for hydroxylation is 1. The van der Waals surface area contributed by atoms with Gasteiger partial charge in [0, 0.05) is 5.54 Å². The van der Waals surface area contributed by atoms with Crippen molar-refractivity contribution >= 4 is 0 Å². The number of hydrogen-bond donors (Lipinski definition) is 1. The average molecular weight is 277 g/mol. The molecule has 1 N–H and O–H groups in total. The minimum Gasteiger partial charge on any atom is -0.494 e. The van der Waals surface area contributed by atoms with Gasteiger partial charge in [0.1, 0.15) is 5.75 Å². The van der Waals surface area contributed by atoms with Gasteiger partial charge >= 0.3 is 0 Å². The quantitative estimate of drug-likeness (QED) is 0.759. The molecule has 0 amide bonds. The fourth-order valence-electron chi connectivity index (χ4n) is 2.17. The Kier molecular flexibility index (Phi) is 7.08. The Morgan fingerprint density at radius 2 is 1.75 bits per heavy atom. The van der Waals surface area contributed by atoms with Crippen molar-refractivity contribution in [3.05, 3.63) is 29.8 Å². The van der Waals surface area contributed by atoms with Gasteiger partial charge in [0.25, 0.3) is 0 Å². The maximum absolute atomic E-state index is 5.46. The standard InChI is InChI=1S/C18H31NO/c1-6-20-17-11-9-16(10-12-17)8-7-15(2)13-14-19-18(3,4)5/h9-12,15,19H,6-8,13-14H2,1-5H3. The molecule has 1 rings (SSSR count). The average Bonchev–Trinajstić information content (AvgIpc) is 2.37. The monoisotopic (exact) mass is 277 g/mol. The molecule has 0 aliphatic heterocycles. The Hall–Kier alpha value is -1.02. The lowest BCUT2D eigenvalue weighted by Gasteiger charge is -2.22. The Balaban J connectivity index is 2.24. The van der Waals surface area contributed by atoms with Crippen molar-refractivity contribution in [2.45, 2.75) is 59.4 Å². The summed E-state index contributed by atoms with van der Waals surface area (Å²) in [5.74, 6) is 1.73. The van der Waals surface area contributed by atoms with Gasteiger partial charge in [-0.15, -0.1) is 0 Å². The zero-order chi connectivity index (χ0) is 15.0. The molecule has 0 radical (unpaired) electrons. The maximum atomic E-state index is 5.46. The van der Waals surface area contributed by atoms with Crippen LogP contribution in [0.3, 0.4) is 0 Å². The van der Waals surface area contributed by atoms with Crippen LogP contribution in [0.4, 0.5) is 0 Å². The van der Waals surface area contributed by atoms with E-state index >= 15 is 0 Å². The molecule has 0 aliphatic rings. The molecular weight excluding hydrogens is 246 g/mol. The predicted molar refractivity (Wildman–Crippen MR) is 87.5 cm³/mol. The molecule has 0 spiro atoms. The van der Waals surface area contributed by atoms with E-state index in [1.54, 1.807) is 0 Å². The maximum Gasteiger partial charge on any atom is 0.119 e. The number of rotatable bonds is 8. The third kappa shape index (κ3) is 7.54. The van der Waals surface area contributed by atoms with Crippen LogP contribution in [0.25, 0.3) is 0 Å². The zero-order valence-electron chi connectivity index (χ0n) is 13.8. The highest BCUT2D eigenvalue weighted by Gasteiger charge is 2.09. The molecule has 0 saturated heterocycles. The molecule has 0 bridgehead atoms. The fourth-order valence-corrected chi connectivity index (χ4v) is 2.17. The first-order valence-corrected chi connectivity index (χ1v) is 7.87. The highest BCUT2D eigenvalue weighted by atomic mass is 16.5. The van der Waals surface area contributed by atoms with Crippen molar-refractivity contribution in [2.24, 2.45) is 5.92 Å². The number of hydrogen-bond acceptors (Lipinski definition) is 2. The first kappa shape index (κ1) is 17.0. The van der Waals surface area contributed by atoms with Crippen LogP contribution in [0, 0.1) is 5.92 Å². The summed E-state index contributed by atoms with van der Waals surface area (Å²) in [6, 6.07) is 8.52. The van der Waals surface area contributed by atoms with Crippen LogP contribution in [-0.4, -0.2) is 18.7 Å². The summed E-state index contributed by atoms with van der Waals surface area (Å²) in [6.07, 6.45) is 3.65. The largest absolute Gasteiger partial charge is 0.494 e. The molecule has 0 aromatic heterocycles. The van der Waals surface area contributed by atoms with Crippen LogP contribution >= 0.6 is 0 Å². The normalized spacial score (nSPS) is 13.2. The minimum absolute atomic E-state index is 0.231. The van der Waals surface area contributed by atoms with Crippen LogP contribution in [-0.2, 0) is 6.42 Å². The molecule has 0 aliphatic carbocycles. The molecule has 114 valence electrons. The van der Waals surface area contributed by atoms with Gasteiger partial charge in [-0.3, -0.25) is 0 Å². The molecule has 20 heavy (non-hydrogen) atoms. The summed E-state index contributed by atoms with van der Waals surface area (Å²) in [5, 5.41) is 3.56. The number of benzene rings is 1. The first-order valence-electron chi connectivity index (χ1n) is 7.87. The van der Waals surface area contributed by atoms with E-state index in [0.717, 1.165) is 31.2 Å². The topological polar surface area (TPSA) is 21.3 Å². The van der Waals surface area contributed by atoms with Gasteiger partial charge in [-0.05, 0) is 77.1 Å². The fraction of sp³-hybridized carbons (Fsp3) is 0.667. The molecule has 0 saturated carbocycles. The zero-order valence-corrected chi connectivity index (χ0v) is 13.8. The highest BCUT2D eigenvalue weighted by molar-refractivity contribution is 5.27. The van der Waals surface area contributed by atoms with Crippen LogP contribution in [0.2, 0.25) is 0 Å². The molecule has 2 heteroatoms. The molecule has 0 heterocycles. The van der Waals surface area contributed by atoms with Gasteiger partial charge in [-0.1, -0.05) is 19.1 Å². The molecule has 1 atom stereocenters.